The summed E-state index contributed by atoms with van der Waals surface area (Å²) in [6.45, 7) is 11.6. The van der Waals surface area contributed by atoms with E-state index in [1.54, 1.807) is 0 Å². The van der Waals surface area contributed by atoms with Gasteiger partial charge in [-0.3, -0.25) is 0 Å². The Balaban J connectivity index is 2.04. The van der Waals surface area contributed by atoms with Gasteiger partial charge in [0.05, 0.1) is 13.2 Å². The lowest BCUT2D eigenvalue weighted by atomic mass is 9.89. The van der Waals surface area contributed by atoms with Gasteiger partial charge in [-0.05, 0) is 17.4 Å². The largest absolute Gasteiger partial charge is 0.375 e. The summed E-state index contributed by atoms with van der Waals surface area (Å²) in [5.41, 5.74) is 1.51. The van der Waals surface area contributed by atoms with Crippen molar-refractivity contribution in [2.45, 2.75) is 26.9 Å². The lowest BCUT2D eigenvalue weighted by molar-refractivity contribution is 0.120. The molecule has 1 aromatic rings. The Morgan fingerprint density at radius 3 is 2.67 bits per heavy atom. The molecule has 1 rings (SSSR count). The van der Waals surface area contributed by atoms with E-state index in [-0.39, 0.29) is 5.41 Å². The minimum Gasteiger partial charge on any atom is -0.375 e. The van der Waals surface area contributed by atoms with Crippen LogP contribution >= 0.6 is 0 Å². The molecule has 100 valence electrons. The van der Waals surface area contributed by atoms with Gasteiger partial charge in [0.25, 0.3) is 0 Å². The highest BCUT2D eigenvalue weighted by Gasteiger charge is 2.14. The number of nitrogens with one attached hydrogen (secondary N) is 1. The lowest BCUT2D eigenvalue weighted by Gasteiger charge is -2.23. The van der Waals surface area contributed by atoms with E-state index in [9.17, 15) is 0 Å². The fraction of sp³-hybridized carbons (Fsp3) is 0.500. The maximum atomic E-state index is 5.61. The van der Waals surface area contributed by atoms with Crippen LogP contribution in [0.1, 0.15) is 25.8 Å². The Morgan fingerprint density at radius 1 is 1.28 bits per heavy atom. The second-order valence-electron chi connectivity index (χ2n) is 5.37. The van der Waals surface area contributed by atoms with Gasteiger partial charge in [0.2, 0.25) is 0 Å². The number of benzene rings is 1. The van der Waals surface area contributed by atoms with Crippen LogP contribution in [-0.2, 0) is 11.3 Å². The maximum Gasteiger partial charge on any atom is 0.0717 e. The molecule has 0 heterocycles. The van der Waals surface area contributed by atoms with E-state index in [1.165, 1.54) is 5.56 Å². The molecule has 2 heteroatoms. The fourth-order valence-corrected chi connectivity index (χ4v) is 1.80. The summed E-state index contributed by atoms with van der Waals surface area (Å²) in [5.74, 6) is 0. The fourth-order valence-electron chi connectivity index (χ4n) is 1.80. The van der Waals surface area contributed by atoms with Gasteiger partial charge >= 0.3 is 0 Å². The van der Waals surface area contributed by atoms with Crippen molar-refractivity contribution in [1.29, 1.82) is 0 Å². The number of ether oxygens (including phenoxy) is 1. The Hall–Kier alpha value is -1.12. The number of hydrogen-bond donors (Lipinski definition) is 1. The third kappa shape index (κ3) is 6.58. The van der Waals surface area contributed by atoms with Gasteiger partial charge in [-0.25, -0.2) is 0 Å². The molecular weight excluding hydrogens is 222 g/mol. The molecule has 0 aliphatic rings. The van der Waals surface area contributed by atoms with E-state index in [1.807, 2.05) is 24.3 Å². The number of rotatable bonds is 9. The van der Waals surface area contributed by atoms with Crippen molar-refractivity contribution in [2.75, 3.05) is 19.7 Å². The van der Waals surface area contributed by atoms with E-state index < -0.39 is 0 Å². The van der Waals surface area contributed by atoms with E-state index in [0.29, 0.717) is 6.61 Å². The highest BCUT2D eigenvalue weighted by atomic mass is 16.5. The molecule has 0 radical (unpaired) electrons. The molecule has 0 spiro atoms. The van der Waals surface area contributed by atoms with E-state index >= 15 is 0 Å². The van der Waals surface area contributed by atoms with Gasteiger partial charge in [-0.2, -0.15) is 0 Å². The predicted molar refractivity (Wildman–Crippen MR) is 77.6 cm³/mol. The second-order valence-corrected chi connectivity index (χ2v) is 5.37. The lowest BCUT2D eigenvalue weighted by Crippen LogP contribution is -2.31. The van der Waals surface area contributed by atoms with Crippen LogP contribution in [0.2, 0.25) is 0 Å². The SMILES string of the molecule is C=CCC(C)(C)CNCCOCc1ccccc1. The van der Waals surface area contributed by atoms with Gasteiger partial charge < -0.3 is 10.1 Å². The first-order valence-electron chi connectivity index (χ1n) is 6.57. The van der Waals surface area contributed by atoms with Crippen LogP contribution in [0.4, 0.5) is 0 Å². The summed E-state index contributed by atoms with van der Waals surface area (Å²) in [5, 5.41) is 3.42. The van der Waals surface area contributed by atoms with Gasteiger partial charge in [0, 0.05) is 13.1 Å². The molecule has 0 bridgehead atoms. The van der Waals surface area contributed by atoms with Crippen LogP contribution in [0, 0.1) is 5.41 Å². The third-order valence-electron chi connectivity index (χ3n) is 2.84. The van der Waals surface area contributed by atoms with E-state index in [0.717, 1.165) is 26.1 Å². The minimum absolute atomic E-state index is 0.279. The van der Waals surface area contributed by atoms with Crippen LogP contribution in [0.3, 0.4) is 0 Å². The van der Waals surface area contributed by atoms with Crippen molar-refractivity contribution in [3.8, 4) is 0 Å². The van der Waals surface area contributed by atoms with Crippen molar-refractivity contribution in [1.82, 2.24) is 5.32 Å². The molecule has 0 fully saturated rings. The monoisotopic (exact) mass is 247 g/mol. The smallest absolute Gasteiger partial charge is 0.0717 e. The zero-order chi connectivity index (χ0) is 13.3. The molecule has 0 saturated heterocycles. The Labute approximate surface area is 111 Å². The van der Waals surface area contributed by atoms with Crippen LogP contribution in [0.15, 0.2) is 43.0 Å². The molecule has 0 amide bonds. The first-order chi connectivity index (χ1) is 8.64. The average Bonchev–Trinajstić information content (AvgIpc) is 2.35. The van der Waals surface area contributed by atoms with Crippen molar-refractivity contribution in [2.24, 2.45) is 5.41 Å². The van der Waals surface area contributed by atoms with Gasteiger partial charge in [0.1, 0.15) is 0 Å². The Bertz CT molecular complexity index is 332. The third-order valence-corrected chi connectivity index (χ3v) is 2.84. The van der Waals surface area contributed by atoms with Crippen LogP contribution < -0.4 is 5.32 Å². The highest BCUT2D eigenvalue weighted by molar-refractivity contribution is 5.13. The molecular formula is C16H25NO. The highest BCUT2D eigenvalue weighted by Crippen LogP contribution is 2.18. The number of allylic oxidation sites excluding steroid dienone is 1. The number of hydrogen-bond acceptors (Lipinski definition) is 2. The van der Waals surface area contributed by atoms with Crippen molar-refractivity contribution >= 4 is 0 Å². The molecule has 1 N–H and O–H groups in total. The van der Waals surface area contributed by atoms with Crippen molar-refractivity contribution in [3.63, 3.8) is 0 Å². The Morgan fingerprint density at radius 2 is 2.00 bits per heavy atom. The summed E-state index contributed by atoms with van der Waals surface area (Å²) in [6.07, 6.45) is 3.01. The van der Waals surface area contributed by atoms with Crippen LogP contribution in [0.25, 0.3) is 0 Å². The zero-order valence-corrected chi connectivity index (χ0v) is 11.6. The molecule has 0 atom stereocenters. The summed E-state index contributed by atoms with van der Waals surface area (Å²) >= 11 is 0. The van der Waals surface area contributed by atoms with Gasteiger partial charge in [0.15, 0.2) is 0 Å². The maximum absolute atomic E-state index is 5.61. The normalized spacial score (nSPS) is 11.4. The molecule has 18 heavy (non-hydrogen) atoms. The quantitative estimate of drug-likeness (QED) is 0.533. The average molecular weight is 247 g/mol. The zero-order valence-electron chi connectivity index (χ0n) is 11.6. The molecule has 0 aliphatic heterocycles. The molecule has 0 aromatic heterocycles. The summed E-state index contributed by atoms with van der Waals surface area (Å²) in [7, 11) is 0. The first-order valence-corrected chi connectivity index (χ1v) is 6.57. The molecule has 0 aliphatic carbocycles. The minimum atomic E-state index is 0.279. The first kappa shape index (κ1) is 14.9. The van der Waals surface area contributed by atoms with E-state index in [4.69, 9.17) is 4.74 Å². The van der Waals surface area contributed by atoms with Crippen LogP contribution in [0.5, 0.6) is 0 Å². The van der Waals surface area contributed by atoms with Crippen LogP contribution in [-0.4, -0.2) is 19.7 Å². The summed E-state index contributed by atoms with van der Waals surface area (Å²) < 4.78 is 5.61. The summed E-state index contributed by atoms with van der Waals surface area (Å²) in [6, 6.07) is 10.3. The molecule has 0 unspecified atom stereocenters. The summed E-state index contributed by atoms with van der Waals surface area (Å²) in [4.78, 5) is 0. The van der Waals surface area contributed by atoms with Crippen molar-refractivity contribution in [3.05, 3.63) is 48.6 Å². The van der Waals surface area contributed by atoms with Gasteiger partial charge in [-0.15, -0.1) is 6.58 Å². The molecule has 0 saturated carbocycles. The van der Waals surface area contributed by atoms with Gasteiger partial charge in [-0.1, -0.05) is 50.3 Å². The topological polar surface area (TPSA) is 21.3 Å². The van der Waals surface area contributed by atoms with E-state index in [2.05, 4.69) is 37.9 Å². The standard InChI is InChI=1S/C16H25NO/c1-4-10-16(2,3)14-17-11-12-18-13-15-8-6-5-7-9-15/h4-9,17H,1,10-14H2,2-3H3. The second kappa shape index (κ2) is 8.06. The Kier molecular flexibility index (Phi) is 6.69. The predicted octanol–water partition coefficient (Wildman–Crippen LogP) is 3.40. The molecule has 1 aromatic carbocycles. The molecule has 2 nitrogen and oxygen atoms in total. The van der Waals surface area contributed by atoms with Crippen molar-refractivity contribution < 1.29 is 4.74 Å².